The van der Waals surface area contributed by atoms with E-state index >= 15 is 0 Å². The molecule has 1 aromatic heterocycles. The summed E-state index contributed by atoms with van der Waals surface area (Å²) in [5, 5.41) is 0. The second-order valence-electron chi connectivity index (χ2n) is 5.65. The molecule has 0 saturated heterocycles. The van der Waals surface area contributed by atoms with Crippen molar-refractivity contribution in [2.24, 2.45) is 17.6 Å². The fourth-order valence-corrected chi connectivity index (χ4v) is 4.39. The van der Waals surface area contributed by atoms with E-state index in [2.05, 4.69) is 23.6 Å². The van der Waals surface area contributed by atoms with Gasteiger partial charge in [-0.3, -0.25) is 4.98 Å². The van der Waals surface area contributed by atoms with Crippen molar-refractivity contribution in [1.29, 1.82) is 0 Å². The van der Waals surface area contributed by atoms with Crippen LogP contribution in [0.1, 0.15) is 38.8 Å². The molecule has 0 aliphatic heterocycles. The molecule has 6 heteroatoms. The molecule has 20 heavy (non-hydrogen) atoms. The Balaban J connectivity index is 2.23. The molecule has 3 N–H and O–H groups in total. The molecule has 0 amide bonds. The average molecular weight is 297 g/mol. The van der Waals surface area contributed by atoms with E-state index in [-0.39, 0.29) is 17.5 Å². The van der Waals surface area contributed by atoms with Gasteiger partial charge in [0.2, 0.25) is 10.0 Å². The van der Waals surface area contributed by atoms with Gasteiger partial charge in [0, 0.05) is 18.8 Å². The zero-order valence-corrected chi connectivity index (χ0v) is 12.9. The molecule has 1 fully saturated rings. The first-order valence-electron chi connectivity index (χ1n) is 7.12. The minimum absolute atomic E-state index is 0.00502. The molecule has 3 unspecified atom stereocenters. The highest BCUT2D eigenvalue weighted by Crippen LogP contribution is 2.30. The number of sulfonamides is 1. The molecule has 1 saturated carbocycles. The van der Waals surface area contributed by atoms with Crippen LogP contribution in [-0.2, 0) is 16.6 Å². The summed E-state index contributed by atoms with van der Waals surface area (Å²) >= 11 is 0. The Morgan fingerprint density at radius 1 is 1.40 bits per heavy atom. The van der Waals surface area contributed by atoms with Gasteiger partial charge < -0.3 is 5.73 Å². The van der Waals surface area contributed by atoms with Crippen LogP contribution in [-0.4, -0.2) is 19.4 Å². The predicted molar refractivity (Wildman–Crippen MR) is 78.4 cm³/mol. The first-order valence-corrected chi connectivity index (χ1v) is 8.60. The molecule has 0 spiro atoms. The van der Waals surface area contributed by atoms with Gasteiger partial charge in [-0.1, -0.05) is 26.7 Å². The quantitative estimate of drug-likeness (QED) is 0.885. The molecule has 3 atom stereocenters. The molecule has 0 bridgehead atoms. The third-order valence-electron chi connectivity index (χ3n) is 4.34. The number of aromatic nitrogens is 1. The van der Waals surface area contributed by atoms with Crippen LogP contribution < -0.4 is 10.5 Å². The number of hydrogen-bond donors (Lipinski definition) is 2. The number of hydrogen-bond acceptors (Lipinski definition) is 4. The van der Waals surface area contributed by atoms with Crippen LogP contribution in [0.5, 0.6) is 0 Å². The molecule has 1 heterocycles. The van der Waals surface area contributed by atoms with Gasteiger partial charge in [0.1, 0.15) is 4.90 Å². The summed E-state index contributed by atoms with van der Waals surface area (Å²) in [6, 6.07) is 3.18. The van der Waals surface area contributed by atoms with Crippen molar-refractivity contribution in [2.75, 3.05) is 0 Å². The highest BCUT2D eigenvalue weighted by molar-refractivity contribution is 7.89. The van der Waals surface area contributed by atoms with Crippen LogP contribution in [0.4, 0.5) is 0 Å². The van der Waals surface area contributed by atoms with Gasteiger partial charge in [-0.05, 0) is 30.4 Å². The molecule has 1 aliphatic rings. The van der Waals surface area contributed by atoms with Gasteiger partial charge in [-0.25, -0.2) is 13.1 Å². The zero-order chi connectivity index (χ0) is 14.8. The van der Waals surface area contributed by atoms with Gasteiger partial charge in [0.05, 0.1) is 5.69 Å². The first-order chi connectivity index (χ1) is 9.45. The normalized spacial score (nSPS) is 27.4. The first kappa shape index (κ1) is 15.4. The minimum atomic E-state index is -3.55. The Bertz CT molecular complexity index is 559. The zero-order valence-electron chi connectivity index (χ0n) is 12.0. The molecule has 0 aromatic carbocycles. The summed E-state index contributed by atoms with van der Waals surface area (Å²) in [4.78, 5) is 4.25. The van der Waals surface area contributed by atoms with Crippen molar-refractivity contribution in [3.63, 3.8) is 0 Å². The van der Waals surface area contributed by atoms with Crippen LogP contribution >= 0.6 is 0 Å². The predicted octanol–water partition coefficient (Wildman–Crippen LogP) is 1.64. The van der Waals surface area contributed by atoms with Crippen molar-refractivity contribution in [2.45, 2.75) is 50.6 Å². The van der Waals surface area contributed by atoms with Crippen molar-refractivity contribution < 1.29 is 8.42 Å². The van der Waals surface area contributed by atoms with Crippen molar-refractivity contribution >= 4 is 10.0 Å². The number of rotatable bonds is 4. The Kier molecular flexibility index (Phi) is 4.78. The lowest BCUT2D eigenvalue weighted by Gasteiger charge is -2.34. The van der Waals surface area contributed by atoms with Crippen molar-refractivity contribution in [1.82, 2.24) is 9.71 Å². The average Bonchev–Trinajstić information content (AvgIpc) is 2.43. The SMILES string of the molecule is CC1CCCC(NS(=O)(=O)c2cccnc2CN)C1C. The highest BCUT2D eigenvalue weighted by atomic mass is 32.2. The standard InChI is InChI=1S/C14H23N3O2S/c1-10-5-3-6-12(11(10)2)17-20(18,19)14-7-4-8-16-13(14)9-15/h4,7-8,10-12,17H,3,5-6,9,15H2,1-2H3. The Morgan fingerprint density at radius 3 is 2.85 bits per heavy atom. The smallest absolute Gasteiger partial charge is 0.242 e. The summed E-state index contributed by atoms with van der Waals surface area (Å²) in [6.45, 7) is 4.41. The monoisotopic (exact) mass is 297 g/mol. The Hall–Kier alpha value is -0.980. The van der Waals surface area contributed by atoms with Gasteiger partial charge in [0.15, 0.2) is 0 Å². The second kappa shape index (κ2) is 6.20. The van der Waals surface area contributed by atoms with Crippen LogP contribution in [0.2, 0.25) is 0 Å². The largest absolute Gasteiger partial charge is 0.325 e. The van der Waals surface area contributed by atoms with Crippen LogP contribution in [0, 0.1) is 11.8 Å². The molecular formula is C14H23N3O2S. The summed E-state index contributed by atoms with van der Waals surface area (Å²) in [5.74, 6) is 0.885. The maximum atomic E-state index is 12.5. The van der Waals surface area contributed by atoms with E-state index in [1.165, 1.54) is 6.42 Å². The minimum Gasteiger partial charge on any atom is -0.325 e. The van der Waals surface area contributed by atoms with E-state index in [4.69, 9.17) is 5.73 Å². The molecular weight excluding hydrogens is 274 g/mol. The molecule has 112 valence electrons. The van der Waals surface area contributed by atoms with Crippen molar-refractivity contribution in [3.8, 4) is 0 Å². The fourth-order valence-electron chi connectivity index (χ4n) is 2.83. The number of nitrogens with zero attached hydrogens (tertiary/aromatic N) is 1. The summed E-state index contributed by atoms with van der Waals surface area (Å²) in [6.07, 6.45) is 4.69. The number of pyridine rings is 1. The highest BCUT2D eigenvalue weighted by Gasteiger charge is 2.31. The summed E-state index contributed by atoms with van der Waals surface area (Å²) in [7, 11) is -3.55. The third-order valence-corrected chi connectivity index (χ3v) is 5.91. The van der Waals surface area contributed by atoms with Gasteiger partial charge in [-0.2, -0.15) is 0 Å². The lowest BCUT2D eigenvalue weighted by atomic mass is 9.78. The maximum Gasteiger partial charge on any atom is 0.242 e. The fraction of sp³-hybridized carbons (Fsp3) is 0.643. The van der Waals surface area contributed by atoms with E-state index in [1.807, 2.05) is 0 Å². The second-order valence-corrected chi connectivity index (χ2v) is 7.33. The van der Waals surface area contributed by atoms with Gasteiger partial charge in [0.25, 0.3) is 0 Å². The lowest BCUT2D eigenvalue weighted by Crippen LogP contribution is -2.43. The van der Waals surface area contributed by atoms with Crippen LogP contribution in [0.25, 0.3) is 0 Å². The molecule has 5 nitrogen and oxygen atoms in total. The topological polar surface area (TPSA) is 85.1 Å². The van der Waals surface area contributed by atoms with Crippen LogP contribution in [0.15, 0.2) is 23.2 Å². The molecule has 1 aliphatic carbocycles. The molecule has 0 radical (unpaired) electrons. The summed E-state index contributed by atoms with van der Waals surface area (Å²) in [5.41, 5.74) is 5.99. The van der Waals surface area contributed by atoms with E-state index in [1.54, 1.807) is 18.3 Å². The van der Waals surface area contributed by atoms with Crippen molar-refractivity contribution in [3.05, 3.63) is 24.0 Å². The Morgan fingerprint density at radius 2 is 2.15 bits per heavy atom. The summed E-state index contributed by atoms with van der Waals surface area (Å²) < 4.78 is 27.9. The van der Waals surface area contributed by atoms with Gasteiger partial charge >= 0.3 is 0 Å². The third kappa shape index (κ3) is 3.19. The Labute approximate surface area is 121 Å². The number of nitrogens with two attached hydrogens (primary N) is 1. The number of nitrogens with one attached hydrogen (secondary N) is 1. The van der Waals surface area contributed by atoms with E-state index in [0.717, 1.165) is 12.8 Å². The van der Waals surface area contributed by atoms with E-state index in [9.17, 15) is 8.42 Å². The molecule has 1 aromatic rings. The lowest BCUT2D eigenvalue weighted by molar-refractivity contribution is 0.227. The van der Waals surface area contributed by atoms with E-state index < -0.39 is 10.0 Å². The van der Waals surface area contributed by atoms with Crippen LogP contribution in [0.3, 0.4) is 0 Å². The van der Waals surface area contributed by atoms with E-state index in [0.29, 0.717) is 17.5 Å². The molecule has 2 rings (SSSR count). The maximum absolute atomic E-state index is 12.5. The van der Waals surface area contributed by atoms with Gasteiger partial charge in [-0.15, -0.1) is 0 Å².